The van der Waals surface area contributed by atoms with Crippen molar-refractivity contribution in [2.75, 3.05) is 7.11 Å². The zero-order valence-corrected chi connectivity index (χ0v) is 22.2. The molecular weight excluding hydrogens is 525 g/mol. The van der Waals surface area contributed by atoms with Gasteiger partial charge in [0.15, 0.2) is 0 Å². The van der Waals surface area contributed by atoms with Gasteiger partial charge < -0.3 is 24.9 Å². The second kappa shape index (κ2) is 12.9. The third-order valence-corrected chi connectivity index (χ3v) is 5.47. The van der Waals surface area contributed by atoms with E-state index in [4.69, 9.17) is 4.74 Å². The van der Waals surface area contributed by atoms with E-state index in [0.29, 0.717) is 5.75 Å². The summed E-state index contributed by atoms with van der Waals surface area (Å²) in [5, 5.41) is 30.6. The third-order valence-electron chi connectivity index (χ3n) is 4.67. The first-order valence-electron chi connectivity index (χ1n) is 9.54. The molecule has 2 rings (SSSR count). The number of aliphatic hydroxyl groups is 2. The SMILES string of the molecule is COc1c(I)cc(C(C)C)c(/C=C/C(O)CC(O)CC(=O)[O-])c1-c1ccc(F)cc1.[Na+]. The molecule has 0 saturated carbocycles. The Bertz CT molecular complexity index is 915. The Hall–Kier alpha value is -0.970. The summed E-state index contributed by atoms with van der Waals surface area (Å²) >= 11 is 2.20. The van der Waals surface area contributed by atoms with Gasteiger partial charge in [0.2, 0.25) is 0 Å². The van der Waals surface area contributed by atoms with Crippen molar-refractivity contribution >= 4 is 34.6 Å². The summed E-state index contributed by atoms with van der Waals surface area (Å²) in [6.45, 7) is 4.09. The Labute approximate surface area is 217 Å². The van der Waals surface area contributed by atoms with Gasteiger partial charge in [0.1, 0.15) is 11.6 Å². The molecule has 0 spiro atoms. The number of ether oxygens (including phenoxy) is 1. The van der Waals surface area contributed by atoms with Crippen molar-refractivity contribution in [2.24, 2.45) is 0 Å². The van der Waals surface area contributed by atoms with Gasteiger partial charge in [-0.05, 0) is 63.4 Å². The van der Waals surface area contributed by atoms with Crippen molar-refractivity contribution in [3.05, 3.63) is 56.9 Å². The number of aliphatic hydroxyl groups excluding tert-OH is 2. The quantitative estimate of drug-likeness (QED) is 0.351. The van der Waals surface area contributed by atoms with Crippen molar-refractivity contribution in [1.82, 2.24) is 0 Å². The fraction of sp³-hybridized carbons (Fsp3) is 0.348. The maximum absolute atomic E-state index is 13.5. The molecule has 2 aromatic carbocycles. The van der Waals surface area contributed by atoms with E-state index in [1.807, 2.05) is 19.9 Å². The number of halogens is 2. The van der Waals surface area contributed by atoms with E-state index in [0.717, 1.165) is 25.8 Å². The van der Waals surface area contributed by atoms with Gasteiger partial charge in [-0.3, -0.25) is 0 Å². The maximum Gasteiger partial charge on any atom is 1.00 e. The van der Waals surface area contributed by atoms with Crippen LogP contribution in [0.1, 0.15) is 43.7 Å². The van der Waals surface area contributed by atoms with Crippen LogP contribution >= 0.6 is 22.6 Å². The third kappa shape index (κ3) is 7.83. The molecule has 5 nitrogen and oxygen atoms in total. The van der Waals surface area contributed by atoms with Crippen molar-refractivity contribution in [1.29, 1.82) is 0 Å². The number of benzene rings is 2. The summed E-state index contributed by atoms with van der Waals surface area (Å²) in [6.07, 6.45) is 0.324. The largest absolute Gasteiger partial charge is 1.00 e. The molecule has 2 unspecified atom stereocenters. The van der Waals surface area contributed by atoms with Gasteiger partial charge in [-0.25, -0.2) is 4.39 Å². The van der Waals surface area contributed by atoms with Crippen molar-refractivity contribution < 1.29 is 58.8 Å². The van der Waals surface area contributed by atoms with Crippen LogP contribution in [0.15, 0.2) is 36.4 Å². The van der Waals surface area contributed by atoms with E-state index >= 15 is 0 Å². The second-order valence-corrected chi connectivity index (χ2v) is 8.49. The predicted molar refractivity (Wildman–Crippen MR) is 120 cm³/mol. The van der Waals surface area contributed by atoms with Crippen molar-refractivity contribution in [3.63, 3.8) is 0 Å². The first kappa shape index (κ1) is 28.1. The molecule has 2 atom stereocenters. The number of hydrogen-bond donors (Lipinski definition) is 2. The Morgan fingerprint density at radius 1 is 1.26 bits per heavy atom. The van der Waals surface area contributed by atoms with E-state index < -0.39 is 24.6 Å². The number of aliphatic carboxylic acids is 1. The molecule has 0 aromatic heterocycles. The monoisotopic (exact) mass is 550 g/mol. The zero-order valence-electron chi connectivity index (χ0n) is 18.1. The smallest absolute Gasteiger partial charge is 0.550 e. The summed E-state index contributed by atoms with van der Waals surface area (Å²) in [5.41, 5.74) is 3.35. The Morgan fingerprint density at radius 3 is 2.39 bits per heavy atom. The number of hydrogen-bond acceptors (Lipinski definition) is 5. The van der Waals surface area contributed by atoms with Crippen molar-refractivity contribution in [3.8, 4) is 16.9 Å². The number of carbonyl (C=O) groups excluding carboxylic acids is 1. The molecule has 0 radical (unpaired) electrons. The zero-order chi connectivity index (χ0) is 22.4. The summed E-state index contributed by atoms with van der Waals surface area (Å²) in [4.78, 5) is 10.6. The molecule has 162 valence electrons. The molecule has 0 amide bonds. The van der Waals surface area contributed by atoms with Crippen molar-refractivity contribution in [2.45, 2.75) is 44.8 Å². The van der Waals surface area contributed by atoms with E-state index in [-0.39, 0.29) is 47.7 Å². The Kier molecular flexibility index (Phi) is 11.7. The van der Waals surface area contributed by atoms with E-state index in [2.05, 4.69) is 22.6 Å². The summed E-state index contributed by atoms with van der Waals surface area (Å²) in [6, 6.07) is 8.11. The number of carbonyl (C=O) groups is 1. The van der Waals surface area contributed by atoms with Crippen LogP contribution in [0, 0.1) is 9.39 Å². The van der Waals surface area contributed by atoms with Crippen LogP contribution in [-0.2, 0) is 4.79 Å². The van der Waals surface area contributed by atoms with Crippen LogP contribution in [0.5, 0.6) is 5.75 Å². The number of carboxylic acids is 1. The molecule has 0 saturated heterocycles. The average Bonchev–Trinajstić information content (AvgIpc) is 2.66. The van der Waals surface area contributed by atoms with Gasteiger partial charge in [0.25, 0.3) is 0 Å². The van der Waals surface area contributed by atoms with Gasteiger partial charge in [-0.1, -0.05) is 38.1 Å². The van der Waals surface area contributed by atoms with Crippen LogP contribution in [0.3, 0.4) is 0 Å². The summed E-state index contributed by atoms with van der Waals surface area (Å²) < 4.78 is 20.0. The van der Waals surface area contributed by atoms with Gasteiger partial charge in [-0.15, -0.1) is 0 Å². The molecular formula is C23H25FINaO5. The predicted octanol–water partition coefficient (Wildman–Crippen LogP) is 0.498. The molecule has 2 aromatic rings. The van der Waals surface area contributed by atoms with Crippen LogP contribution < -0.4 is 39.4 Å². The first-order valence-corrected chi connectivity index (χ1v) is 10.6. The molecule has 2 N–H and O–H groups in total. The van der Waals surface area contributed by atoms with Gasteiger partial charge >= 0.3 is 29.6 Å². The molecule has 0 aliphatic heterocycles. The van der Waals surface area contributed by atoms with E-state index in [1.54, 1.807) is 25.3 Å². The van der Waals surface area contributed by atoms with Crippen LogP contribution in [0.4, 0.5) is 4.39 Å². The van der Waals surface area contributed by atoms with Crippen LogP contribution in [-0.4, -0.2) is 35.5 Å². The Morgan fingerprint density at radius 2 is 1.87 bits per heavy atom. The van der Waals surface area contributed by atoms with Crippen LogP contribution in [0.2, 0.25) is 0 Å². The van der Waals surface area contributed by atoms with E-state index in [1.165, 1.54) is 18.2 Å². The summed E-state index contributed by atoms with van der Waals surface area (Å²) in [5.74, 6) is -0.926. The number of rotatable bonds is 9. The standard InChI is InChI=1S/C23H26FIO5.Na/c1-13(2)19-12-20(25)23(30-3)22(14-4-6-15(24)7-5-14)18(19)9-8-16(26)10-17(27)11-21(28)29;/h4-9,12-13,16-17,26-27H,10-11H2,1-3H3,(H,28,29);/q;+1/p-1/b9-8+;. The first-order chi connectivity index (χ1) is 14.1. The molecule has 0 aliphatic rings. The van der Waals surface area contributed by atoms with E-state index in [9.17, 15) is 24.5 Å². The second-order valence-electron chi connectivity index (χ2n) is 7.32. The topological polar surface area (TPSA) is 89.8 Å². The summed E-state index contributed by atoms with van der Waals surface area (Å²) in [7, 11) is 1.57. The normalized spacial score (nSPS) is 13.2. The molecule has 8 heteroatoms. The average molecular weight is 550 g/mol. The minimum absolute atomic E-state index is 0. The van der Waals surface area contributed by atoms with Gasteiger partial charge in [0, 0.05) is 24.4 Å². The molecule has 31 heavy (non-hydrogen) atoms. The van der Waals surface area contributed by atoms with Gasteiger partial charge in [-0.2, -0.15) is 0 Å². The Balaban J connectivity index is 0.00000480. The number of carboxylic acid groups (broad SMARTS) is 1. The molecule has 0 aliphatic carbocycles. The minimum Gasteiger partial charge on any atom is -0.550 e. The van der Waals surface area contributed by atoms with Crippen LogP contribution in [0.25, 0.3) is 17.2 Å². The fourth-order valence-electron chi connectivity index (χ4n) is 3.27. The fourth-order valence-corrected chi connectivity index (χ4v) is 4.09. The molecule has 0 bridgehead atoms. The molecule has 0 heterocycles. The van der Waals surface area contributed by atoms with Gasteiger partial charge in [0.05, 0.1) is 22.9 Å². The molecule has 0 fully saturated rings. The number of methoxy groups -OCH3 is 1. The maximum atomic E-state index is 13.5. The minimum atomic E-state index is -1.37.